The monoisotopic (exact) mass is 418 g/mol. The van der Waals surface area contributed by atoms with E-state index >= 15 is 0 Å². The van der Waals surface area contributed by atoms with Gasteiger partial charge in [0.25, 0.3) is 0 Å². The van der Waals surface area contributed by atoms with Crippen LogP contribution >= 0.6 is 0 Å². The summed E-state index contributed by atoms with van der Waals surface area (Å²) >= 11 is 0. The molecule has 1 aliphatic heterocycles. The van der Waals surface area contributed by atoms with E-state index in [4.69, 9.17) is 4.98 Å². The summed E-state index contributed by atoms with van der Waals surface area (Å²) in [6.07, 6.45) is 5.82. The van der Waals surface area contributed by atoms with Crippen molar-refractivity contribution >= 4 is 17.5 Å². The van der Waals surface area contributed by atoms with Gasteiger partial charge in [0.1, 0.15) is 17.5 Å². The smallest absolute Gasteiger partial charge is 0.222 e. The Bertz CT molecular complexity index is 994. The van der Waals surface area contributed by atoms with E-state index in [0.717, 1.165) is 55.1 Å². The number of rotatable bonds is 7. The summed E-state index contributed by atoms with van der Waals surface area (Å²) < 4.78 is 13.0. The highest BCUT2D eigenvalue weighted by Gasteiger charge is 2.25. The van der Waals surface area contributed by atoms with Crippen LogP contribution in [0, 0.1) is 5.82 Å². The lowest BCUT2D eigenvalue weighted by Crippen LogP contribution is -2.39. The fraction of sp³-hybridized carbons (Fsp3) is 0.320. The number of aromatic nitrogens is 2. The molecule has 1 saturated heterocycles. The van der Waals surface area contributed by atoms with Gasteiger partial charge in [-0.05, 0) is 67.6 Å². The molecule has 160 valence electrons. The van der Waals surface area contributed by atoms with Crippen molar-refractivity contribution in [1.29, 1.82) is 0 Å². The first-order valence-corrected chi connectivity index (χ1v) is 10.8. The fourth-order valence-corrected chi connectivity index (χ4v) is 4.01. The van der Waals surface area contributed by atoms with Crippen LogP contribution in [0.3, 0.4) is 0 Å². The number of halogens is 1. The van der Waals surface area contributed by atoms with E-state index in [1.165, 1.54) is 12.1 Å². The SMILES string of the molecule is O=C(CCCc1ccc(F)cc1)N1CCC[C@H](c2cccc(Nc3ccccn3)n2)C1. The Balaban J connectivity index is 1.32. The molecular formula is C25H27FN4O. The van der Waals surface area contributed by atoms with Crippen LogP contribution < -0.4 is 5.32 Å². The Labute approximate surface area is 182 Å². The number of benzene rings is 1. The van der Waals surface area contributed by atoms with Crippen LogP contribution in [0.25, 0.3) is 0 Å². The molecule has 0 aliphatic carbocycles. The summed E-state index contributed by atoms with van der Waals surface area (Å²) in [5.74, 6) is 1.72. The predicted octanol–water partition coefficient (Wildman–Crippen LogP) is 5.09. The molecule has 1 amide bonds. The molecule has 1 N–H and O–H groups in total. The number of anilines is 2. The Morgan fingerprint density at radius 3 is 2.71 bits per heavy atom. The van der Waals surface area contributed by atoms with Gasteiger partial charge >= 0.3 is 0 Å². The van der Waals surface area contributed by atoms with Crippen LogP contribution in [-0.4, -0.2) is 33.9 Å². The first kappa shape index (κ1) is 21.0. The predicted molar refractivity (Wildman–Crippen MR) is 120 cm³/mol. The topological polar surface area (TPSA) is 58.1 Å². The van der Waals surface area contributed by atoms with Crippen molar-refractivity contribution < 1.29 is 9.18 Å². The van der Waals surface area contributed by atoms with Crippen LogP contribution in [0.15, 0.2) is 66.9 Å². The van der Waals surface area contributed by atoms with E-state index < -0.39 is 0 Å². The van der Waals surface area contributed by atoms with Gasteiger partial charge in [-0.2, -0.15) is 0 Å². The van der Waals surface area contributed by atoms with E-state index in [9.17, 15) is 9.18 Å². The minimum absolute atomic E-state index is 0.189. The van der Waals surface area contributed by atoms with Gasteiger partial charge in [-0.3, -0.25) is 4.79 Å². The summed E-state index contributed by atoms with van der Waals surface area (Å²) in [4.78, 5) is 23.8. The van der Waals surface area contributed by atoms with Crippen molar-refractivity contribution in [2.45, 2.75) is 38.0 Å². The van der Waals surface area contributed by atoms with Gasteiger partial charge in [0.2, 0.25) is 5.91 Å². The van der Waals surface area contributed by atoms with Crippen molar-refractivity contribution in [3.8, 4) is 0 Å². The van der Waals surface area contributed by atoms with Crippen molar-refractivity contribution in [2.75, 3.05) is 18.4 Å². The number of likely N-dealkylation sites (tertiary alicyclic amines) is 1. The largest absolute Gasteiger partial charge is 0.342 e. The number of amides is 1. The molecule has 31 heavy (non-hydrogen) atoms. The molecule has 0 radical (unpaired) electrons. The summed E-state index contributed by atoms with van der Waals surface area (Å²) in [5, 5.41) is 3.24. The Morgan fingerprint density at radius 1 is 1.06 bits per heavy atom. The maximum absolute atomic E-state index is 13.0. The number of piperidine rings is 1. The number of carbonyl (C=O) groups excluding carboxylic acids is 1. The van der Waals surface area contributed by atoms with Crippen molar-refractivity contribution in [3.63, 3.8) is 0 Å². The zero-order valence-electron chi connectivity index (χ0n) is 17.5. The summed E-state index contributed by atoms with van der Waals surface area (Å²) in [6, 6.07) is 18.2. The molecule has 4 rings (SSSR count). The number of hydrogen-bond donors (Lipinski definition) is 1. The minimum atomic E-state index is -0.230. The average Bonchev–Trinajstić information content (AvgIpc) is 2.81. The molecule has 0 spiro atoms. The second kappa shape index (κ2) is 10.2. The highest BCUT2D eigenvalue weighted by molar-refractivity contribution is 5.76. The second-order valence-electron chi connectivity index (χ2n) is 7.95. The zero-order valence-corrected chi connectivity index (χ0v) is 17.5. The van der Waals surface area contributed by atoms with E-state index in [-0.39, 0.29) is 17.6 Å². The highest BCUT2D eigenvalue weighted by Crippen LogP contribution is 2.27. The lowest BCUT2D eigenvalue weighted by Gasteiger charge is -2.32. The first-order chi connectivity index (χ1) is 15.2. The molecule has 3 heterocycles. The third-order valence-electron chi connectivity index (χ3n) is 5.65. The first-order valence-electron chi connectivity index (χ1n) is 10.8. The lowest BCUT2D eigenvalue weighted by molar-refractivity contribution is -0.132. The minimum Gasteiger partial charge on any atom is -0.342 e. The molecule has 5 nitrogen and oxygen atoms in total. The summed E-state index contributed by atoms with van der Waals surface area (Å²) in [6.45, 7) is 1.51. The Hall–Kier alpha value is -3.28. The molecule has 1 aliphatic rings. The molecule has 1 fully saturated rings. The third-order valence-corrected chi connectivity index (χ3v) is 5.65. The van der Waals surface area contributed by atoms with E-state index in [1.807, 2.05) is 41.3 Å². The maximum Gasteiger partial charge on any atom is 0.222 e. The summed E-state index contributed by atoms with van der Waals surface area (Å²) in [7, 11) is 0. The quantitative estimate of drug-likeness (QED) is 0.581. The molecular weight excluding hydrogens is 391 g/mol. The Kier molecular flexibility index (Phi) is 6.87. The molecule has 0 unspecified atom stereocenters. The standard InChI is InChI=1S/C25H27FN4O/c26-21-14-12-19(13-15-21)6-3-11-25(31)30-17-5-7-20(18-30)22-8-4-10-24(28-22)29-23-9-1-2-16-27-23/h1-2,4,8-10,12-16,20H,3,5-7,11,17-18H2,(H,27,28,29)/t20-/m0/s1. The zero-order chi connectivity index (χ0) is 21.5. The molecule has 0 bridgehead atoms. The molecule has 1 atom stereocenters. The van der Waals surface area contributed by atoms with Gasteiger partial charge in [0.15, 0.2) is 0 Å². The van der Waals surface area contributed by atoms with E-state index in [2.05, 4.69) is 10.3 Å². The molecule has 0 saturated carbocycles. The van der Waals surface area contributed by atoms with Gasteiger partial charge in [-0.15, -0.1) is 0 Å². The highest BCUT2D eigenvalue weighted by atomic mass is 19.1. The van der Waals surface area contributed by atoms with Crippen LogP contribution in [0.5, 0.6) is 0 Å². The molecule has 2 aromatic heterocycles. The molecule has 6 heteroatoms. The summed E-state index contributed by atoms with van der Waals surface area (Å²) in [5.41, 5.74) is 2.07. The van der Waals surface area contributed by atoms with Gasteiger partial charge in [-0.25, -0.2) is 14.4 Å². The molecule has 3 aromatic rings. The number of hydrogen-bond acceptors (Lipinski definition) is 4. The van der Waals surface area contributed by atoms with Gasteiger partial charge < -0.3 is 10.2 Å². The number of pyridine rings is 2. The Morgan fingerprint density at radius 2 is 1.90 bits per heavy atom. The lowest BCUT2D eigenvalue weighted by atomic mass is 9.94. The molecule has 1 aromatic carbocycles. The van der Waals surface area contributed by atoms with E-state index in [0.29, 0.717) is 13.0 Å². The normalized spacial score (nSPS) is 16.2. The van der Waals surface area contributed by atoms with Crippen LogP contribution in [0.2, 0.25) is 0 Å². The number of carbonyl (C=O) groups is 1. The number of aryl methyl sites for hydroxylation is 1. The van der Waals surface area contributed by atoms with Gasteiger partial charge in [0, 0.05) is 37.3 Å². The second-order valence-corrected chi connectivity index (χ2v) is 7.95. The van der Waals surface area contributed by atoms with Crippen molar-refractivity contribution in [1.82, 2.24) is 14.9 Å². The van der Waals surface area contributed by atoms with E-state index in [1.54, 1.807) is 18.3 Å². The third kappa shape index (κ3) is 5.87. The maximum atomic E-state index is 13.0. The number of nitrogens with one attached hydrogen (secondary N) is 1. The fourth-order valence-electron chi connectivity index (χ4n) is 4.01. The van der Waals surface area contributed by atoms with Crippen LogP contribution in [0.1, 0.15) is 42.9 Å². The van der Waals surface area contributed by atoms with Crippen molar-refractivity contribution in [2.24, 2.45) is 0 Å². The van der Waals surface area contributed by atoms with Crippen molar-refractivity contribution in [3.05, 3.63) is 83.9 Å². The number of nitrogens with zero attached hydrogens (tertiary/aromatic N) is 3. The van der Waals surface area contributed by atoms with Crippen LogP contribution in [0.4, 0.5) is 16.0 Å². The van der Waals surface area contributed by atoms with Crippen LogP contribution in [-0.2, 0) is 11.2 Å². The average molecular weight is 419 g/mol. The van der Waals surface area contributed by atoms with Gasteiger partial charge in [0.05, 0.1) is 0 Å². The van der Waals surface area contributed by atoms with Gasteiger partial charge in [-0.1, -0.05) is 24.3 Å².